The van der Waals surface area contributed by atoms with Gasteiger partial charge in [0, 0.05) is 11.3 Å². The van der Waals surface area contributed by atoms with Crippen LogP contribution >= 0.6 is 11.6 Å². The molecule has 0 saturated carbocycles. The molecule has 1 unspecified atom stereocenters. The second kappa shape index (κ2) is 4.40. The van der Waals surface area contributed by atoms with Gasteiger partial charge < -0.3 is 15.6 Å². The molecular weight excluding hydrogens is 260 g/mol. The summed E-state index contributed by atoms with van der Waals surface area (Å²) in [6.07, 6.45) is 1.45. The number of nitrogens with two attached hydrogens (primary N) is 1. The standard InChI is InChI=1S/C14H15ClN4/c1-8-9(2)18-14-12(8)13(16)19(7-17-14)11-6-4-3-5-10(11)15/h3-7,13,18H,16H2,1-2H3. The quantitative estimate of drug-likeness (QED) is 0.837. The van der Waals surface area contributed by atoms with Crippen molar-refractivity contribution in [2.24, 2.45) is 10.7 Å². The van der Waals surface area contributed by atoms with Gasteiger partial charge in [0.2, 0.25) is 0 Å². The maximum atomic E-state index is 6.36. The Balaban J connectivity index is 2.09. The number of rotatable bonds is 1. The second-order valence-corrected chi connectivity index (χ2v) is 5.09. The Morgan fingerprint density at radius 3 is 2.79 bits per heavy atom. The van der Waals surface area contributed by atoms with Crippen molar-refractivity contribution < 1.29 is 0 Å². The summed E-state index contributed by atoms with van der Waals surface area (Å²) in [5, 5.41) is 0.665. The van der Waals surface area contributed by atoms with Gasteiger partial charge in [-0.2, -0.15) is 0 Å². The maximum Gasteiger partial charge on any atom is 0.138 e. The first kappa shape index (κ1) is 12.3. The molecule has 1 aliphatic rings. The Hall–Kier alpha value is -1.78. The van der Waals surface area contributed by atoms with Gasteiger partial charge >= 0.3 is 0 Å². The number of hydrogen-bond acceptors (Lipinski definition) is 3. The number of anilines is 1. The highest BCUT2D eigenvalue weighted by Gasteiger charge is 2.27. The highest BCUT2D eigenvalue weighted by molar-refractivity contribution is 6.33. The molecule has 2 aromatic rings. The number of nitrogens with one attached hydrogen (secondary N) is 1. The van der Waals surface area contributed by atoms with Crippen molar-refractivity contribution in [3.05, 3.63) is 46.1 Å². The van der Waals surface area contributed by atoms with Crippen molar-refractivity contribution in [3.63, 3.8) is 0 Å². The highest BCUT2D eigenvalue weighted by Crippen LogP contribution is 2.38. The molecule has 5 heteroatoms. The Kier molecular flexibility index (Phi) is 2.84. The molecule has 0 spiro atoms. The van der Waals surface area contributed by atoms with Crippen LogP contribution in [0.3, 0.4) is 0 Å². The van der Waals surface area contributed by atoms with Crippen LogP contribution in [0.5, 0.6) is 0 Å². The number of aliphatic imine (C=N–C) groups is 1. The van der Waals surface area contributed by atoms with Crippen molar-refractivity contribution in [1.29, 1.82) is 0 Å². The van der Waals surface area contributed by atoms with E-state index in [4.69, 9.17) is 17.3 Å². The van der Waals surface area contributed by atoms with E-state index in [0.29, 0.717) is 5.02 Å². The molecule has 0 amide bonds. The van der Waals surface area contributed by atoms with Crippen LogP contribution in [0.25, 0.3) is 0 Å². The van der Waals surface area contributed by atoms with E-state index >= 15 is 0 Å². The summed E-state index contributed by atoms with van der Waals surface area (Å²) < 4.78 is 0. The molecular formula is C14H15ClN4. The van der Waals surface area contributed by atoms with Gasteiger partial charge in [-0.15, -0.1) is 0 Å². The topological polar surface area (TPSA) is 57.4 Å². The molecule has 3 N–H and O–H groups in total. The largest absolute Gasteiger partial charge is 0.343 e. The van der Waals surface area contributed by atoms with Gasteiger partial charge in [-0.1, -0.05) is 23.7 Å². The van der Waals surface area contributed by atoms with E-state index in [1.807, 2.05) is 36.1 Å². The minimum absolute atomic E-state index is 0.280. The second-order valence-electron chi connectivity index (χ2n) is 4.69. The number of H-pyrrole nitrogens is 1. The number of hydrogen-bond donors (Lipinski definition) is 2. The average molecular weight is 275 g/mol. The zero-order valence-electron chi connectivity index (χ0n) is 10.8. The van der Waals surface area contributed by atoms with Crippen molar-refractivity contribution in [2.45, 2.75) is 20.0 Å². The lowest BCUT2D eigenvalue weighted by atomic mass is 10.1. The summed E-state index contributed by atoms with van der Waals surface area (Å²) in [6, 6.07) is 7.62. The van der Waals surface area contributed by atoms with Crippen molar-refractivity contribution in [3.8, 4) is 0 Å². The third-order valence-electron chi connectivity index (χ3n) is 3.56. The zero-order valence-corrected chi connectivity index (χ0v) is 11.6. The molecule has 1 atom stereocenters. The molecule has 19 heavy (non-hydrogen) atoms. The van der Waals surface area contributed by atoms with E-state index in [1.165, 1.54) is 0 Å². The fourth-order valence-electron chi connectivity index (χ4n) is 2.39. The molecule has 98 valence electrons. The number of aryl methyl sites for hydroxylation is 1. The Labute approximate surface area is 116 Å². The van der Waals surface area contributed by atoms with Crippen LogP contribution in [-0.2, 0) is 0 Å². The fraction of sp³-hybridized carbons (Fsp3) is 0.214. The van der Waals surface area contributed by atoms with E-state index in [-0.39, 0.29) is 6.17 Å². The smallest absolute Gasteiger partial charge is 0.138 e. The molecule has 1 aromatic carbocycles. The summed E-state index contributed by atoms with van der Waals surface area (Å²) in [7, 11) is 0. The molecule has 0 fully saturated rings. The molecule has 1 aliphatic heterocycles. The summed E-state index contributed by atoms with van der Waals surface area (Å²) in [5.41, 5.74) is 10.5. The monoisotopic (exact) mass is 274 g/mol. The van der Waals surface area contributed by atoms with Gasteiger partial charge in [-0.25, -0.2) is 4.99 Å². The van der Waals surface area contributed by atoms with Gasteiger partial charge in [0.25, 0.3) is 0 Å². The van der Waals surface area contributed by atoms with Gasteiger partial charge in [0.1, 0.15) is 12.0 Å². The molecule has 0 radical (unpaired) electrons. The first-order valence-corrected chi connectivity index (χ1v) is 6.49. The maximum absolute atomic E-state index is 6.36. The summed E-state index contributed by atoms with van der Waals surface area (Å²) in [6.45, 7) is 4.08. The van der Waals surface area contributed by atoms with E-state index < -0.39 is 0 Å². The number of halogens is 1. The minimum Gasteiger partial charge on any atom is -0.343 e. The predicted molar refractivity (Wildman–Crippen MR) is 79.3 cm³/mol. The lowest BCUT2D eigenvalue weighted by molar-refractivity contribution is 0.746. The molecule has 3 rings (SSSR count). The fourth-order valence-corrected chi connectivity index (χ4v) is 2.62. The van der Waals surface area contributed by atoms with Crippen molar-refractivity contribution >= 4 is 29.4 Å². The van der Waals surface area contributed by atoms with E-state index in [2.05, 4.69) is 16.9 Å². The number of fused-ring (bicyclic) bond motifs is 1. The molecule has 1 aromatic heterocycles. The first-order valence-electron chi connectivity index (χ1n) is 6.11. The molecule has 0 aliphatic carbocycles. The number of nitrogens with zero attached hydrogens (tertiary/aromatic N) is 2. The SMILES string of the molecule is Cc1[nH]c2c(c1C)C(N)N(c1ccccc1Cl)C=N2. The summed E-state index contributed by atoms with van der Waals surface area (Å²) in [5.74, 6) is 0.839. The van der Waals surface area contributed by atoms with E-state index in [9.17, 15) is 0 Å². The highest BCUT2D eigenvalue weighted by atomic mass is 35.5. The third kappa shape index (κ3) is 1.84. The van der Waals surface area contributed by atoms with Gasteiger partial charge in [-0.3, -0.25) is 0 Å². The van der Waals surface area contributed by atoms with E-state index in [1.54, 1.807) is 6.34 Å². The van der Waals surface area contributed by atoms with Crippen LogP contribution in [0.15, 0.2) is 29.3 Å². The normalized spacial score (nSPS) is 17.7. The summed E-state index contributed by atoms with van der Waals surface area (Å²) in [4.78, 5) is 9.57. The minimum atomic E-state index is -0.280. The lowest BCUT2D eigenvalue weighted by Crippen LogP contribution is -2.35. The molecule has 0 saturated heterocycles. The number of para-hydroxylation sites is 1. The number of benzene rings is 1. The molecule has 4 nitrogen and oxygen atoms in total. The van der Waals surface area contributed by atoms with Gasteiger partial charge in [0.05, 0.1) is 17.0 Å². The van der Waals surface area contributed by atoms with Gasteiger partial charge in [0.15, 0.2) is 0 Å². The van der Waals surface area contributed by atoms with Crippen LogP contribution in [-0.4, -0.2) is 11.3 Å². The summed E-state index contributed by atoms with van der Waals surface area (Å²) >= 11 is 6.23. The lowest BCUT2D eigenvalue weighted by Gasteiger charge is -2.30. The third-order valence-corrected chi connectivity index (χ3v) is 3.88. The number of aromatic nitrogens is 1. The van der Waals surface area contributed by atoms with E-state index in [0.717, 1.165) is 28.3 Å². The number of aromatic amines is 1. The Morgan fingerprint density at radius 2 is 2.05 bits per heavy atom. The van der Waals surface area contributed by atoms with Crippen LogP contribution in [0.1, 0.15) is 23.0 Å². The molecule has 2 heterocycles. The molecule has 0 bridgehead atoms. The Morgan fingerprint density at radius 1 is 1.32 bits per heavy atom. The van der Waals surface area contributed by atoms with Crippen LogP contribution in [0, 0.1) is 13.8 Å². The van der Waals surface area contributed by atoms with Crippen LogP contribution in [0.2, 0.25) is 5.02 Å². The van der Waals surface area contributed by atoms with Crippen molar-refractivity contribution in [2.75, 3.05) is 4.90 Å². The van der Waals surface area contributed by atoms with Crippen LogP contribution in [0.4, 0.5) is 11.5 Å². The Bertz CT molecular complexity index is 659. The van der Waals surface area contributed by atoms with Crippen LogP contribution < -0.4 is 10.6 Å². The first-order chi connectivity index (χ1) is 9.09. The zero-order chi connectivity index (χ0) is 13.6. The van der Waals surface area contributed by atoms with Crippen molar-refractivity contribution in [1.82, 2.24) is 4.98 Å². The van der Waals surface area contributed by atoms with Gasteiger partial charge in [-0.05, 0) is 31.5 Å². The average Bonchev–Trinajstić information content (AvgIpc) is 2.68. The predicted octanol–water partition coefficient (Wildman–Crippen LogP) is 3.42.